The van der Waals surface area contributed by atoms with Gasteiger partial charge in [-0.1, -0.05) is 0 Å². The van der Waals surface area contributed by atoms with E-state index in [9.17, 15) is 18.3 Å². The van der Waals surface area contributed by atoms with E-state index in [0.717, 1.165) is 19.2 Å². The number of aliphatic hydroxyl groups is 1. The smallest absolute Gasteiger partial charge is 0.433 e. The number of likely N-dealkylation sites (N-methyl/N-ethyl adjacent to an activating group) is 1. The molecule has 0 aromatic carbocycles. The first kappa shape index (κ1) is 15.1. The van der Waals surface area contributed by atoms with Crippen molar-refractivity contribution in [2.24, 2.45) is 0 Å². The molecule has 0 bridgehead atoms. The van der Waals surface area contributed by atoms with Crippen LogP contribution in [0.5, 0.6) is 0 Å². The molecular formula is C15H18F3N3O. The van der Waals surface area contributed by atoms with Gasteiger partial charge in [0, 0.05) is 43.9 Å². The number of allylic oxidation sites excluding steroid dienone is 1. The van der Waals surface area contributed by atoms with Gasteiger partial charge in [0.1, 0.15) is 5.69 Å². The Morgan fingerprint density at radius 1 is 1.14 bits per heavy atom. The Labute approximate surface area is 126 Å². The van der Waals surface area contributed by atoms with E-state index in [1.807, 2.05) is 11.9 Å². The molecule has 2 heterocycles. The number of hydrogen-bond donors (Lipinski definition) is 1. The molecule has 1 aliphatic heterocycles. The van der Waals surface area contributed by atoms with Gasteiger partial charge in [-0.25, -0.2) is 4.98 Å². The summed E-state index contributed by atoms with van der Waals surface area (Å²) in [6.45, 7) is 2.93. The molecule has 0 atom stereocenters. The number of pyridine rings is 1. The monoisotopic (exact) mass is 313 g/mol. The Bertz CT molecular complexity index is 605. The Balaban J connectivity index is 2.07. The minimum Gasteiger partial charge on any atom is -0.512 e. The number of piperazine rings is 1. The summed E-state index contributed by atoms with van der Waals surface area (Å²) in [4.78, 5) is 7.86. The third-order valence-electron chi connectivity index (χ3n) is 4.18. The lowest BCUT2D eigenvalue weighted by molar-refractivity contribution is -0.141. The quantitative estimate of drug-likeness (QED) is 0.865. The van der Waals surface area contributed by atoms with Crippen LogP contribution in [-0.2, 0) is 12.6 Å². The van der Waals surface area contributed by atoms with Crippen molar-refractivity contribution in [3.8, 4) is 0 Å². The highest BCUT2D eigenvalue weighted by Gasteiger charge is 2.35. The molecule has 1 fully saturated rings. The molecule has 3 rings (SSSR count). The van der Waals surface area contributed by atoms with Gasteiger partial charge in [0.05, 0.1) is 11.5 Å². The van der Waals surface area contributed by atoms with E-state index < -0.39 is 11.9 Å². The number of anilines is 1. The molecule has 2 aliphatic rings. The van der Waals surface area contributed by atoms with Crippen molar-refractivity contribution in [2.75, 3.05) is 38.1 Å². The van der Waals surface area contributed by atoms with E-state index in [0.29, 0.717) is 42.9 Å². The number of hydrogen-bond acceptors (Lipinski definition) is 4. The van der Waals surface area contributed by atoms with Crippen molar-refractivity contribution in [1.29, 1.82) is 0 Å². The molecule has 4 nitrogen and oxygen atoms in total. The van der Waals surface area contributed by atoms with Crippen molar-refractivity contribution in [2.45, 2.75) is 19.0 Å². The van der Waals surface area contributed by atoms with Gasteiger partial charge in [-0.05, 0) is 25.6 Å². The zero-order chi connectivity index (χ0) is 15.9. The minimum atomic E-state index is -4.46. The number of nitrogens with zero attached hydrogens (tertiary/aromatic N) is 3. The van der Waals surface area contributed by atoms with Crippen LogP contribution in [0.2, 0.25) is 0 Å². The predicted molar refractivity (Wildman–Crippen MR) is 77.9 cm³/mol. The first-order valence-corrected chi connectivity index (χ1v) is 7.29. The summed E-state index contributed by atoms with van der Waals surface area (Å²) in [5.74, 6) is 0.199. The SMILES string of the molecule is CN1CCN(c2cc(C(F)(F)F)nc3c2C=C(O)CC3)CC1. The fourth-order valence-corrected chi connectivity index (χ4v) is 2.88. The average molecular weight is 313 g/mol. The Morgan fingerprint density at radius 3 is 2.45 bits per heavy atom. The van der Waals surface area contributed by atoms with Crippen molar-refractivity contribution < 1.29 is 18.3 Å². The molecule has 120 valence electrons. The minimum absolute atomic E-state index is 0.199. The molecule has 0 unspecified atom stereocenters. The Hall–Kier alpha value is -1.76. The Morgan fingerprint density at radius 2 is 1.82 bits per heavy atom. The summed E-state index contributed by atoms with van der Waals surface area (Å²) in [5, 5.41) is 9.73. The van der Waals surface area contributed by atoms with E-state index in [1.165, 1.54) is 0 Å². The molecule has 0 spiro atoms. The average Bonchev–Trinajstić information content (AvgIpc) is 2.46. The molecule has 0 radical (unpaired) electrons. The van der Waals surface area contributed by atoms with Gasteiger partial charge in [0.15, 0.2) is 0 Å². The summed E-state index contributed by atoms with van der Waals surface area (Å²) in [6, 6.07) is 1.11. The first-order chi connectivity index (χ1) is 10.3. The van der Waals surface area contributed by atoms with Crippen LogP contribution in [0.3, 0.4) is 0 Å². The van der Waals surface area contributed by atoms with Gasteiger partial charge in [-0.15, -0.1) is 0 Å². The lowest BCUT2D eigenvalue weighted by atomic mass is 9.98. The van der Waals surface area contributed by atoms with Crippen LogP contribution in [-0.4, -0.2) is 48.2 Å². The third kappa shape index (κ3) is 2.90. The second-order valence-corrected chi connectivity index (χ2v) is 5.81. The zero-order valence-corrected chi connectivity index (χ0v) is 12.3. The molecule has 1 aliphatic carbocycles. The van der Waals surface area contributed by atoms with Gasteiger partial charge in [-0.2, -0.15) is 13.2 Å². The number of halogens is 3. The number of aryl methyl sites for hydroxylation is 1. The maximum absolute atomic E-state index is 13.1. The number of aromatic nitrogens is 1. The molecule has 0 amide bonds. The molecule has 1 N–H and O–H groups in total. The lowest BCUT2D eigenvalue weighted by Crippen LogP contribution is -2.45. The van der Waals surface area contributed by atoms with Crippen LogP contribution in [0.15, 0.2) is 11.8 Å². The topological polar surface area (TPSA) is 39.6 Å². The highest BCUT2D eigenvalue weighted by Crippen LogP contribution is 2.36. The van der Waals surface area contributed by atoms with Crippen LogP contribution in [0.1, 0.15) is 23.4 Å². The predicted octanol–water partition coefficient (Wildman–Crippen LogP) is 2.70. The van der Waals surface area contributed by atoms with Crippen LogP contribution in [0, 0.1) is 0 Å². The van der Waals surface area contributed by atoms with Crippen LogP contribution in [0.4, 0.5) is 18.9 Å². The van der Waals surface area contributed by atoms with E-state index in [1.54, 1.807) is 6.08 Å². The van der Waals surface area contributed by atoms with Crippen LogP contribution >= 0.6 is 0 Å². The molecule has 1 aromatic rings. The van der Waals surface area contributed by atoms with Crippen LogP contribution in [0.25, 0.3) is 6.08 Å². The van der Waals surface area contributed by atoms with Crippen molar-refractivity contribution >= 4 is 11.8 Å². The summed E-state index contributed by atoms with van der Waals surface area (Å²) >= 11 is 0. The second kappa shape index (κ2) is 5.46. The summed E-state index contributed by atoms with van der Waals surface area (Å²) < 4.78 is 39.3. The second-order valence-electron chi connectivity index (χ2n) is 5.81. The van der Waals surface area contributed by atoms with Crippen molar-refractivity contribution in [3.63, 3.8) is 0 Å². The standard InChI is InChI=1S/C15H18F3N3O/c1-20-4-6-21(7-5-20)13-9-14(15(16,17)18)19-12-3-2-10(22)8-11(12)13/h8-9,22H,2-7H2,1H3. The summed E-state index contributed by atoms with van der Waals surface area (Å²) in [5.41, 5.74) is 0.717. The van der Waals surface area contributed by atoms with Gasteiger partial charge >= 0.3 is 6.18 Å². The fraction of sp³-hybridized carbons (Fsp3) is 0.533. The molecule has 1 aromatic heterocycles. The van der Waals surface area contributed by atoms with Gasteiger partial charge in [0.2, 0.25) is 0 Å². The van der Waals surface area contributed by atoms with E-state index in [-0.39, 0.29) is 5.76 Å². The first-order valence-electron chi connectivity index (χ1n) is 7.29. The zero-order valence-electron chi connectivity index (χ0n) is 12.3. The molecule has 22 heavy (non-hydrogen) atoms. The van der Waals surface area contributed by atoms with E-state index in [2.05, 4.69) is 9.88 Å². The molecular weight excluding hydrogens is 295 g/mol. The fourth-order valence-electron chi connectivity index (χ4n) is 2.88. The molecule has 0 saturated carbocycles. The van der Waals surface area contributed by atoms with Gasteiger partial charge < -0.3 is 14.9 Å². The van der Waals surface area contributed by atoms with E-state index >= 15 is 0 Å². The largest absolute Gasteiger partial charge is 0.512 e. The molecule has 1 saturated heterocycles. The van der Waals surface area contributed by atoms with Crippen LogP contribution < -0.4 is 4.90 Å². The number of alkyl halides is 3. The number of fused-ring (bicyclic) bond motifs is 1. The Kier molecular flexibility index (Phi) is 3.76. The highest BCUT2D eigenvalue weighted by molar-refractivity contribution is 5.72. The summed E-state index contributed by atoms with van der Waals surface area (Å²) in [7, 11) is 1.99. The van der Waals surface area contributed by atoms with E-state index in [4.69, 9.17) is 0 Å². The lowest BCUT2D eigenvalue weighted by Gasteiger charge is -2.36. The maximum Gasteiger partial charge on any atom is 0.433 e. The third-order valence-corrected chi connectivity index (χ3v) is 4.18. The number of aliphatic hydroxyl groups excluding tert-OH is 1. The maximum atomic E-state index is 13.1. The number of rotatable bonds is 1. The molecule has 7 heteroatoms. The van der Waals surface area contributed by atoms with Crippen molar-refractivity contribution in [1.82, 2.24) is 9.88 Å². The van der Waals surface area contributed by atoms with Crippen molar-refractivity contribution in [3.05, 3.63) is 28.8 Å². The highest BCUT2D eigenvalue weighted by atomic mass is 19.4. The van der Waals surface area contributed by atoms with Gasteiger partial charge in [-0.3, -0.25) is 0 Å². The van der Waals surface area contributed by atoms with Gasteiger partial charge in [0.25, 0.3) is 0 Å². The normalized spacial score (nSPS) is 19.8. The summed E-state index contributed by atoms with van der Waals surface area (Å²) in [6.07, 6.45) is -2.23.